The van der Waals surface area contributed by atoms with Crippen molar-refractivity contribution in [3.05, 3.63) is 0 Å². The summed E-state index contributed by atoms with van der Waals surface area (Å²) >= 11 is 0. The average Bonchev–Trinajstić information content (AvgIpc) is 2.21. The van der Waals surface area contributed by atoms with Gasteiger partial charge >= 0.3 is 12.0 Å². The van der Waals surface area contributed by atoms with Crippen molar-refractivity contribution >= 4 is 12.0 Å². The van der Waals surface area contributed by atoms with Crippen molar-refractivity contribution in [2.24, 2.45) is 11.7 Å². The first kappa shape index (κ1) is 13.7. The van der Waals surface area contributed by atoms with Crippen molar-refractivity contribution in [1.82, 2.24) is 5.32 Å². The van der Waals surface area contributed by atoms with Crippen molar-refractivity contribution in [1.29, 1.82) is 0 Å². The number of urea groups is 1. The van der Waals surface area contributed by atoms with Crippen LogP contribution in [0.1, 0.15) is 33.6 Å². The second-order valence-corrected chi connectivity index (χ2v) is 3.54. The zero-order valence-electron chi connectivity index (χ0n) is 9.58. The van der Waals surface area contributed by atoms with Crippen LogP contribution in [-0.2, 0) is 9.53 Å². The first-order valence-electron chi connectivity index (χ1n) is 5.25. The van der Waals surface area contributed by atoms with Gasteiger partial charge in [-0.2, -0.15) is 0 Å². The van der Waals surface area contributed by atoms with E-state index in [-0.39, 0.29) is 5.92 Å². The Hall–Kier alpha value is -1.26. The van der Waals surface area contributed by atoms with Crippen molar-refractivity contribution in [3.8, 4) is 0 Å². The van der Waals surface area contributed by atoms with Crippen LogP contribution in [0.25, 0.3) is 0 Å². The Bertz CT molecular complexity index is 219. The fourth-order valence-electron chi connectivity index (χ4n) is 1.11. The number of carbonyl (C=O) groups excluding carboxylic acids is 2. The Kier molecular flexibility index (Phi) is 6.49. The van der Waals surface area contributed by atoms with E-state index >= 15 is 0 Å². The lowest BCUT2D eigenvalue weighted by Gasteiger charge is -2.21. The molecule has 0 aliphatic carbocycles. The molecule has 5 nitrogen and oxygen atoms in total. The molecule has 88 valence electrons. The van der Waals surface area contributed by atoms with Gasteiger partial charge in [0.25, 0.3) is 0 Å². The topological polar surface area (TPSA) is 81.4 Å². The first-order valence-corrected chi connectivity index (χ1v) is 5.25. The number of amides is 2. The van der Waals surface area contributed by atoms with Crippen molar-refractivity contribution in [2.45, 2.75) is 39.7 Å². The molecule has 0 saturated carbocycles. The fourth-order valence-corrected chi connectivity index (χ4v) is 1.11. The Morgan fingerprint density at radius 3 is 2.40 bits per heavy atom. The minimum atomic E-state index is -0.700. The predicted octanol–water partition coefficient (Wildman–Crippen LogP) is 1.02. The van der Waals surface area contributed by atoms with E-state index in [9.17, 15) is 9.59 Å². The van der Waals surface area contributed by atoms with Crippen molar-refractivity contribution < 1.29 is 14.3 Å². The second kappa shape index (κ2) is 7.09. The molecule has 5 heteroatoms. The summed E-state index contributed by atoms with van der Waals surface area (Å²) in [6.45, 7) is 6.08. The lowest BCUT2D eigenvalue weighted by atomic mass is 9.99. The summed E-state index contributed by atoms with van der Waals surface area (Å²) in [5.41, 5.74) is 4.99. The van der Waals surface area contributed by atoms with Crippen LogP contribution in [-0.4, -0.2) is 24.6 Å². The standard InChI is InChI=1S/C10H20N2O3/c1-4-6-15-9(13)8(7(3)5-2)12-10(11)14/h7-8H,4-6H2,1-3H3,(H3,11,12,14)/t7-,8+/m1/s1. The molecule has 0 aromatic rings. The molecule has 0 heterocycles. The number of primary amides is 1. The molecular formula is C10H20N2O3. The van der Waals surface area contributed by atoms with Crippen molar-refractivity contribution in [2.75, 3.05) is 6.61 Å². The number of esters is 1. The molecule has 0 aliphatic heterocycles. The molecule has 0 radical (unpaired) electrons. The van der Waals surface area contributed by atoms with E-state index < -0.39 is 18.0 Å². The summed E-state index contributed by atoms with van der Waals surface area (Å²) in [4.78, 5) is 22.3. The van der Waals surface area contributed by atoms with Crippen LogP contribution in [0.3, 0.4) is 0 Å². The van der Waals surface area contributed by atoms with Crippen LogP contribution >= 0.6 is 0 Å². The summed E-state index contributed by atoms with van der Waals surface area (Å²) in [5.74, 6) is -0.396. The molecule has 2 amide bonds. The molecule has 0 saturated heterocycles. The van der Waals surface area contributed by atoms with E-state index in [0.29, 0.717) is 6.61 Å². The van der Waals surface area contributed by atoms with E-state index in [1.54, 1.807) is 0 Å². The van der Waals surface area contributed by atoms with E-state index in [4.69, 9.17) is 10.5 Å². The molecule has 2 atom stereocenters. The molecule has 0 unspecified atom stereocenters. The van der Waals surface area contributed by atoms with Gasteiger partial charge in [0.15, 0.2) is 0 Å². The number of ether oxygens (including phenoxy) is 1. The van der Waals surface area contributed by atoms with Gasteiger partial charge in [-0.3, -0.25) is 0 Å². The molecule has 3 N–H and O–H groups in total. The lowest BCUT2D eigenvalue weighted by Crippen LogP contribution is -2.48. The highest BCUT2D eigenvalue weighted by atomic mass is 16.5. The molecule has 15 heavy (non-hydrogen) atoms. The molecule has 0 spiro atoms. The Labute approximate surface area is 90.4 Å². The minimum Gasteiger partial charge on any atom is -0.464 e. The summed E-state index contributed by atoms with van der Waals surface area (Å²) in [5, 5.41) is 2.40. The lowest BCUT2D eigenvalue weighted by molar-refractivity contribution is -0.147. The van der Waals surface area contributed by atoms with E-state index in [1.807, 2.05) is 20.8 Å². The highest BCUT2D eigenvalue weighted by Gasteiger charge is 2.26. The van der Waals surface area contributed by atoms with Gasteiger partial charge < -0.3 is 15.8 Å². The van der Waals surface area contributed by atoms with Gasteiger partial charge in [-0.1, -0.05) is 27.2 Å². The highest BCUT2D eigenvalue weighted by Crippen LogP contribution is 2.09. The number of rotatable bonds is 6. The zero-order chi connectivity index (χ0) is 11.8. The Morgan fingerprint density at radius 2 is 2.00 bits per heavy atom. The van der Waals surface area contributed by atoms with Crippen LogP contribution in [0.15, 0.2) is 0 Å². The number of hydrogen-bond acceptors (Lipinski definition) is 3. The van der Waals surface area contributed by atoms with Crippen LogP contribution in [0.5, 0.6) is 0 Å². The Morgan fingerprint density at radius 1 is 1.40 bits per heavy atom. The zero-order valence-corrected chi connectivity index (χ0v) is 9.58. The van der Waals surface area contributed by atoms with Gasteiger partial charge in [0.2, 0.25) is 0 Å². The Balaban J connectivity index is 4.33. The van der Waals surface area contributed by atoms with Gasteiger partial charge in [-0.15, -0.1) is 0 Å². The maximum absolute atomic E-state index is 11.5. The number of nitrogens with one attached hydrogen (secondary N) is 1. The van der Waals surface area contributed by atoms with E-state index in [0.717, 1.165) is 12.8 Å². The average molecular weight is 216 g/mol. The second-order valence-electron chi connectivity index (χ2n) is 3.54. The van der Waals surface area contributed by atoms with E-state index in [2.05, 4.69) is 5.32 Å². The summed E-state index contributed by atoms with van der Waals surface area (Å²) in [6.07, 6.45) is 1.53. The predicted molar refractivity (Wildman–Crippen MR) is 57.2 cm³/mol. The molecule has 0 fully saturated rings. The van der Waals surface area contributed by atoms with Gasteiger partial charge in [0.1, 0.15) is 6.04 Å². The maximum Gasteiger partial charge on any atom is 0.328 e. The molecule has 0 rings (SSSR count). The van der Waals surface area contributed by atoms with Crippen LogP contribution in [0.2, 0.25) is 0 Å². The quantitative estimate of drug-likeness (QED) is 0.650. The normalized spacial score (nSPS) is 14.1. The number of nitrogens with two attached hydrogens (primary N) is 1. The maximum atomic E-state index is 11.5. The third-order valence-electron chi connectivity index (χ3n) is 2.21. The third-order valence-corrected chi connectivity index (χ3v) is 2.21. The van der Waals surface area contributed by atoms with Crippen LogP contribution in [0.4, 0.5) is 4.79 Å². The third kappa shape index (κ3) is 5.24. The SMILES string of the molecule is CCCOC(=O)[C@@H](NC(N)=O)[C@H](C)CC. The fraction of sp³-hybridized carbons (Fsp3) is 0.800. The summed E-state index contributed by atoms with van der Waals surface area (Å²) in [6, 6.07) is -1.34. The smallest absolute Gasteiger partial charge is 0.328 e. The summed E-state index contributed by atoms with van der Waals surface area (Å²) in [7, 11) is 0. The summed E-state index contributed by atoms with van der Waals surface area (Å²) < 4.78 is 4.97. The highest BCUT2D eigenvalue weighted by molar-refractivity contribution is 5.82. The molecular weight excluding hydrogens is 196 g/mol. The first-order chi connectivity index (χ1) is 7.02. The van der Waals surface area contributed by atoms with Gasteiger partial charge in [-0.05, 0) is 12.3 Å². The molecule has 0 aliphatic rings. The monoisotopic (exact) mass is 216 g/mol. The van der Waals surface area contributed by atoms with Gasteiger partial charge in [0.05, 0.1) is 6.61 Å². The van der Waals surface area contributed by atoms with Crippen LogP contribution in [0, 0.1) is 5.92 Å². The van der Waals surface area contributed by atoms with Crippen LogP contribution < -0.4 is 11.1 Å². The van der Waals surface area contributed by atoms with E-state index in [1.165, 1.54) is 0 Å². The van der Waals surface area contributed by atoms with Gasteiger partial charge in [-0.25, -0.2) is 9.59 Å². The number of hydrogen-bond donors (Lipinski definition) is 2. The molecule has 0 aromatic carbocycles. The minimum absolute atomic E-state index is 0.0156. The van der Waals surface area contributed by atoms with Crippen molar-refractivity contribution in [3.63, 3.8) is 0 Å². The molecule has 0 bridgehead atoms. The largest absolute Gasteiger partial charge is 0.464 e. The molecule has 0 aromatic heterocycles. The van der Waals surface area contributed by atoms with Gasteiger partial charge in [0, 0.05) is 0 Å². The number of carbonyl (C=O) groups is 2.